The predicted molar refractivity (Wildman–Crippen MR) is 88.7 cm³/mol. The number of hydrogen-bond donors (Lipinski definition) is 2. The summed E-state index contributed by atoms with van der Waals surface area (Å²) in [4.78, 5) is 24.2. The normalized spacial score (nSPS) is 25.4. The fraction of sp³-hybridized carbons (Fsp3) is 0.529. The largest absolute Gasteiger partial charge is 0.487 e. The molecule has 138 valence electrons. The molecule has 0 saturated heterocycles. The summed E-state index contributed by atoms with van der Waals surface area (Å²) < 4.78 is 29.3. The van der Waals surface area contributed by atoms with Gasteiger partial charge in [0.05, 0.1) is 5.41 Å². The van der Waals surface area contributed by atoms with Crippen LogP contribution in [0.1, 0.15) is 33.6 Å². The number of halogens is 3. The quantitative estimate of drug-likeness (QED) is 0.751. The molecule has 0 aliphatic heterocycles. The Hall–Kier alpha value is -1.89. The molecule has 0 unspecified atom stereocenters. The smallest absolute Gasteiger partial charge is 0.481 e. The van der Waals surface area contributed by atoms with Crippen LogP contribution in [0.3, 0.4) is 0 Å². The number of amides is 1. The van der Waals surface area contributed by atoms with Crippen molar-refractivity contribution in [3.63, 3.8) is 0 Å². The molecule has 0 bridgehead atoms. The molecule has 2 N–H and O–H groups in total. The summed E-state index contributed by atoms with van der Waals surface area (Å²) in [6, 6.07) is 5.34. The van der Waals surface area contributed by atoms with E-state index in [0.29, 0.717) is 18.5 Å². The molecule has 0 spiro atoms. The summed E-state index contributed by atoms with van der Waals surface area (Å²) >= 11 is 4.69. The van der Waals surface area contributed by atoms with Crippen molar-refractivity contribution < 1.29 is 28.2 Å². The Balaban J connectivity index is 2.09. The molecule has 2 atom stereocenters. The number of carbonyl (C=O) groups is 2. The third kappa shape index (κ3) is 3.86. The molecule has 1 aromatic rings. The SMILES string of the molecule is CC1(C)[C@H](C(=O)Nc2ccc(OC(F)(F)Cl)cc2)CC[C@@]1(C)C(=O)O. The van der Waals surface area contributed by atoms with E-state index in [1.54, 1.807) is 20.8 Å². The Morgan fingerprint density at radius 1 is 1.28 bits per heavy atom. The highest BCUT2D eigenvalue weighted by Gasteiger charge is 2.58. The second kappa shape index (κ2) is 6.44. The van der Waals surface area contributed by atoms with Gasteiger partial charge in [0.15, 0.2) is 0 Å². The van der Waals surface area contributed by atoms with Crippen molar-refractivity contribution in [2.45, 2.75) is 39.2 Å². The molecular weight excluding hydrogens is 356 g/mol. The molecule has 1 aromatic carbocycles. The average Bonchev–Trinajstić information content (AvgIpc) is 2.71. The Bertz CT molecular complexity index is 672. The number of nitrogens with one attached hydrogen (secondary N) is 1. The summed E-state index contributed by atoms with van der Waals surface area (Å²) in [6.07, 6.45) is 0.867. The summed E-state index contributed by atoms with van der Waals surface area (Å²) in [5.41, 5.74) is -5.12. The number of aliphatic carboxylic acids is 1. The van der Waals surface area contributed by atoms with E-state index in [1.807, 2.05) is 0 Å². The van der Waals surface area contributed by atoms with Crippen molar-refractivity contribution >= 4 is 29.2 Å². The van der Waals surface area contributed by atoms with Gasteiger partial charge < -0.3 is 15.2 Å². The van der Waals surface area contributed by atoms with Crippen molar-refractivity contribution in [2.24, 2.45) is 16.7 Å². The monoisotopic (exact) mass is 375 g/mol. The van der Waals surface area contributed by atoms with Crippen LogP contribution in [0, 0.1) is 16.7 Å². The van der Waals surface area contributed by atoms with Crippen LogP contribution in [0.5, 0.6) is 5.75 Å². The van der Waals surface area contributed by atoms with Gasteiger partial charge in [-0.1, -0.05) is 13.8 Å². The minimum absolute atomic E-state index is 0.141. The van der Waals surface area contributed by atoms with Crippen LogP contribution in [0.2, 0.25) is 0 Å². The average molecular weight is 376 g/mol. The Morgan fingerprint density at radius 2 is 1.84 bits per heavy atom. The molecule has 0 radical (unpaired) electrons. The van der Waals surface area contributed by atoms with Crippen LogP contribution in [0.15, 0.2) is 24.3 Å². The number of anilines is 1. The second-order valence-corrected chi connectivity index (χ2v) is 7.45. The molecule has 1 fully saturated rings. The summed E-state index contributed by atoms with van der Waals surface area (Å²) in [6.45, 7) is 5.21. The number of hydrogen-bond acceptors (Lipinski definition) is 3. The van der Waals surface area contributed by atoms with Gasteiger partial charge in [0.1, 0.15) is 5.75 Å². The van der Waals surface area contributed by atoms with Gasteiger partial charge >= 0.3 is 11.5 Å². The maximum Gasteiger partial charge on any atom is 0.487 e. The number of carboxylic acid groups (broad SMARTS) is 1. The van der Waals surface area contributed by atoms with Crippen molar-refractivity contribution in [3.05, 3.63) is 24.3 Å². The van der Waals surface area contributed by atoms with Crippen LogP contribution >= 0.6 is 11.6 Å². The van der Waals surface area contributed by atoms with E-state index in [4.69, 9.17) is 0 Å². The molecule has 1 aliphatic carbocycles. The highest BCUT2D eigenvalue weighted by molar-refractivity contribution is 6.20. The Morgan fingerprint density at radius 3 is 2.28 bits per heavy atom. The minimum Gasteiger partial charge on any atom is -0.481 e. The fourth-order valence-corrected chi connectivity index (χ4v) is 3.40. The van der Waals surface area contributed by atoms with E-state index in [9.17, 15) is 23.5 Å². The lowest BCUT2D eigenvalue weighted by Gasteiger charge is -2.37. The third-order valence-electron chi connectivity index (χ3n) is 5.37. The number of ether oxygens (including phenoxy) is 1. The first-order chi connectivity index (χ1) is 11.4. The molecule has 1 aliphatic rings. The summed E-state index contributed by atoms with van der Waals surface area (Å²) in [5.74, 6) is -1.84. The number of carbonyl (C=O) groups excluding carboxylic acids is 1. The van der Waals surface area contributed by atoms with Gasteiger partial charge in [-0.05, 0) is 49.4 Å². The Labute approximate surface area is 149 Å². The predicted octanol–water partition coefficient (Wildman–Crippen LogP) is 4.32. The molecule has 1 saturated carbocycles. The number of rotatable bonds is 5. The van der Waals surface area contributed by atoms with Gasteiger partial charge in [-0.3, -0.25) is 9.59 Å². The van der Waals surface area contributed by atoms with E-state index in [1.165, 1.54) is 24.3 Å². The van der Waals surface area contributed by atoms with E-state index < -0.39 is 28.3 Å². The summed E-state index contributed by atoms with van der Waals surface area (Å²) in [7, 11) is 0. The maximum absolute atomic E-state index is 12.6. The van der Waals surface area contributed by atoms with Gasteiger partial charge in [0.2, 0.25) is 5.91 Å². The van der Waals surface area contributed by atoms with E-state index in [2.05, 4.69) is 21.7 Å². The molecule has 1 amide bonds. The van der Waals surface area contributed by atoms with Gasteiger partial charge in [0, 0.05) is 23.2 Å². The molecule has 2 rings (SSSR count). The molecule has 8 heteroatoms. The highest BCUT2D eigenvalue weighted by atomic mass is 35.5. The molecule has 0 heterocycles. The van der Waals surface area contributed by atoms with Gasteiger partial charge in [-0.25, -0.2) is 0 Å². The second-order valence-electron chi connectivity index (χ2n) is 7.01. The minimum atomic E-state index is -3.81. The van der Waals surface area contributed by atoms with Crippen molar-refractivity contribution in [1.82, 2.24) is 0 Å². The van der Waals surface area contributed by atoms with Gasteiger partial charge in [-0.2, -0.15) is 0 Å². The molecule has 5 nitrogen and oxygen atoms in total. The standard InChI is InChI=1S/C17H20ClF2NO4/c1-15(2)12(8-9-16(15,3)14(23)24)13(22)21-10-4-6-11(7-5-10)25-17(18,19)20/h4-7,12H,8-9H2,1-3H3,(H,21,22)(H,23,24)/t12-,16-/m0/s1. The van der Waals surface area contributed by atoms with Crippen molar-refractivity contribution in [1.29, 1.82) is 0 Å². The van der Waals surface area contributed by atoms with Crippen LogP contribution in [-0.4, -0.2) is 22.6 Å². The zero-order valence-corrected chi connectivity index (χ0v) is 14.9. The first-order valence-corrected chi connectivity index (χ1v) is 8.15. The molecule has 0 aromatic heterocycles. The number of alkyl halides is 3. The lowest BCUT2D eigenvalue weighted by Crippen LogP contribution is -2.43. The number of benzene rings is 1. The maximum atomic E-state index is 12.6. The van der Waals surface area contributed by atoms with E-state index in [-0.39, 0.29) is 11.7 Å². The van der Waals surface area contributed by atoms with Gasteiger partial charge in [-0.15, -0.1) is 8.78 Å². The highest BCUT2D eigenvalue weighted by Crippen LogP contribution is 2.56. The Kier molecular flexibility index (Phi) is 5.01. The summed E-state index contributed by atoms with van der Waals surface area (Å²) in [5, 5.41) is 12.2. The lowest BCUT2D eigenvalue weighted by molar-refractivity contribution is -0.154. The fourth-order valence-electron chi connectivity index (χ4n) is 3.31. The molecular formula is C17H20ClF2NO4. The van der Waals surface area contributed by atoms with Gasteiger partial charge in [0.25, 0.3) is 0 Å². The zero-order chi connectivity index (χ0) is 19.0. The van der Waals surface area contributed by atoms with Crippen LogP contribution in [0.4, 0.5) is 14.5 Å². The lowest BCUT2D eigenvalue weighted by atomic mass is 9.65. The topological polar surface area (TPSA) is 75.6 Å². The first-order valence-electron chi connectivity index (χ1n) is 7.77. The van der Waals surface area contributed by atoms with Crippen molar-refractivity contribution in [3.8, 4) is 5.75 Å². The molecule has 25 heavy (non-hydrogen) atoms. The van der Waals surface area contributed by atoms with Crippen LogP contribution in [-0.2, 0) is 9.59 Å². The third-order valence-corrected chi connectivity index (χ3v) is 5.45. The number of carboxylic acids is 1. The van der Waals surface area contributed by atoms with E-state index >= 15 is 0 Å². The van der Waals surface area contributed by atoms with Crippen LogP contribution < -0.4 is 10.1 Å². The first kappa shape index (κ1) is 19.4. The van der Waals surface area contributed by atoms with Crippen molar-refractivity contribution in [2.75, 3.05) is 5.32 Å². The van der Waals surface area contributed by atoms with E-state index in [0.717, 1.165) is 0 Å². The zero-order valence-electron chi connectivity index (χ0n) is 14.1. The van der Waals surface area contributed by atoms with Crippen LogP contribution in [0.25, 0.3) is 0 Å².